The molecule has 1 nitrogen and oxygen atoms in total. The topological polar surface area (TPSA) is 12.0 Å². The van der Waals surface area contributed by atoms with Crippen molar-refractivity contribution in [2.24, 2.45) is 0 Å². The molecular formula is C10H11F4N. The first-order valence-electron chi connectivity index (χ1n) is 4.52. The van der Waals surface area contributed by atoms with Gasteiger partial charge in [-0.1, -0.05) is 6.92 Å². The van der Waals surface area contributed by atoms with Gasteiger partial charge < -0.3 is 5.32 Å². The second kappa shape index (κ2) is 5.11. The summed E-state index contributed by atoms with van der Waals surface area (Å²) >= 11 is 0. The Kier molecular flexibility index (Phi) is 4.08. The fourth-order valence-corrected chi connectivity index (χ4v) is 1.31. The number of hydrogen-bond acceptors (Lipinski definition) is 1. The van der Waals surface area contributed by atoms with Crippen molar-refractivity contribution in [3.63, 3.8) is 0 Å². The molecule has 0 saturated carbocycles. The predicted octanol–water partition coefficient (Wildman–Crippen LogP) is 2.88. The number of alkyl halides is 2. The third kappa shape index (κ3) is 2.92. The lowest BCUT2D eigenvalue weighted by atomic mass is 10.1. The van der Waals surface area contributed by atoms with Gasteiger partial charge in [0.05, 0.1) is 6.04 Å². The van der Waals surface area contributed by atoms with Crippen molar-refractivity contribution in [2.75, 3.05) is 6.54 Å². The van der Waals surface area contributed by atoms with Crippen LogP contribution in [0.1, 0.15) is 18.5 Å². The number of nitrogens with one attached hydrogen (secondary N) is 1. The molecule has 0 radical (unpaired) electrons. The highest BCUT2D eigenvalue weighted by molar-refractivity contribution is 5.22. The maximum atomic E-state index is 13.2. The molecule has 15 heavy (non-hydrogen) atoms. The maximum Gasteiger partial charge on any atom is 0.257 e. The number of hydrogen-bond donors (Lipinski definition) is 1. The molecule has 0 aliphatic rings. The maximum absolute atomic E-state index is 13.2. The fourth-order valence-electron chi connectivity index (χ4n) is 1.31. The number of halogens is 4. The van der Waals surface area contributed by atoms with Gasteiger partial charge in [0.25, 0.3) is 6.43 Å². The van der Waals surface area contributed by atoms with Crippen molar-refractivity contribution in [1.29, 1.82) is 0 Å². The van der Waals surface area contributed by atoms with E-state index in [1.54, 1.807) is 6.92 Å². The van der Waals surface area contributed by atoms with Crippen LogP contribution >= 0.6 is 0 Å². The van der Waals surface area contributed by atoms with Crippen molar-refractivity contribution in [1.82, 2.24) is 5.32 Å². The summed E-state index contributed by atoms with van der Waals surface area (Å²) in [6, 6.07) is 1.06. The zero-order valence-corrected chi connectivity index (χ0v) is 8.11. The normalized spacial score (nSPS) is 13.2. The second-order valence-corrected chi connectivity index (χ2v) is 3.04. The van der Waals surface area contributed by atoms with Gasteiger partial charge in [-0.2, -0.15) is 0 Å². The van der Waals surface area contributed by atoms with Crippen molar-refractivity contribution < 1.29 is 17.6 Å². The molecule has 1 atom stereocenters. The molecule has 0 amide bonds. The van der Waals surface area contributed by atoms with Crippen LogP contribution in [0.3, 0.4) is 0 Å². The lowest BCUT2D eigenvalue weighted by Gasteiger charge is -2.17. The highest BCUT2D eigenvalue weighted by Crippen LogP contribution is 2.23. The molecule has 1 rings (SSSR count). The minimum Gasteiger partial charge on any atom is -0.305 e. The summed E-state index contributed by atoms with van der Waals surface area (Å²) < 4.78 is 51.0. The van der Waals surface area contributed by atoms with E-state index in [2.05, 4.69) is 5.32 Å². The number of benzene rings is 1. The van der Waals surface area contributed by atoms with E-state index < -0.39 is 24.1 Å². The van der Waals surface area contributed by atoms with Gasteiger partial charge in [-0.05, 0) is 24.7 Å². The van der Waals surface area contributed by atoms with Crippen LogP contribution in [-0.4, -0.2) is 13.0 Å². The Hall–Kier alpha value is -1.10. The second-order valence-electron chi connectivity index (χ2n) is 3.04. The molecule has 0 aromatic heterocycles. The fraction of sp³-hybridized carbons (Fsp3) is 0.400. The predicted molar refractivity (Wildman–Crippen MR) is 48.8 cm³/mol. The van der Waals surface area contributed by atoms with Crippen LogP contribution in [0.15, 0.2) is 18.2 Å². The van der Waals surface area contributed by atoms with E-state index in [9.17, 15) is 17.6 Å². The Balaban J connectivity index is 3.04. The lowest BCUT2D eigenvalue weighted by molar-refractivity contribution is 0.0974. The summed E-state index contributed by atoms with van der Waals surface area (Å²) in [4.78, 5) is 0. The molecule has 1 N–H and O–H groups in total. The highest BCUT2D eigenvalue weighted by atomic mass is 19.3. The Morgan fingerprint density at radius 3 is 2.47 bits per heavy atom. The van der Waals surface area contributed by atoms with Crippen LogP contribution in [0.4, 0.5) is 17.6 Å². The summed E-state index contributed by atoms with van der Waals surface area (Å²) in [5.41, 5.74) is -0.341. The average Bonchev–Trinajstić information content (AvgIpc) is 2.18. The Morgan fingerprint density at radius 2 is 1.93 bits per heavy atom. The molecular weight excluding hydrogens is 210 g/mol. The Bertz CT molecular complexity index is 327. The zero-order chi connectivity index (χ0) is 11.4. The molecule has 1 aromatic carbocycles. The summed E-state index contributed by atoms with van der Waals surface area (Å²) in [5, 5.41) is 2.41. The minimum atomic E-state index is -2.78. The van der Waals surface area contributed by atoms with E-state index in [4.69, 9.17) is 0 Å². The molecule has 0 heterocycles. The van der Waals surface area contributed by atoms with Gasteiger partial charge in [-0.15, -0.1) is 0 Å². The van der Waals surface area contributed by atoms with Gasteiger partial charge in [-0.25, -0.2) is 17.6 Å². The van der Waals surface area contributed by atoms with Gasteiger partial charge in [0.1, 0.15) is 11.6 Å². The SMILES string of the molecule is CCNC(c1cc(F)ccc1F)C(F)F. The zero-order valence-electron chi connectivity index (χ0n) is 8.11. The van der Waals surface area contributed by atoms with E-state index in [-0.39, 0.29) is 12.1 Å². The van der Waals surface area contributed by atoms with Gasteiger partial charge in [0.2, 0.25) is 0 Å². The highest BCUT2D eigenvalue weighted by Gasteiger charge is 2.24. The molecule has 0 fully saturated rings. The molecule has 0 aliphatic carbocycles. The largest absolute Gasteiger partial charge is 0.305 e. The number of rotatable bonds is 4. The molecule has 0 bridgehead atoms. The van der Waals surface area contributed by atoms with Crippen LogP contribution in [0.25, 0.3) is 0 Å². The van der Waals surface area contributed by atoms with Gasteiger partial charge in [0, 0.05) is 5.56 Å². The summed E-state index contributed by atoms with van der Waals surface area (Å²) in [7, 11) is 0. The third-order valence-electron chi connectivity index (χ3n) is 1.97. The summed E-state index contributed by atoms with van der Waals surface area (Å²) in [6.45, 7) is 1.87. The molecule has 0 aliphatic heterocycles. The van der Waals surface area contributed by atoms with Crippen LogP contribution < -0.4 is 5.32 Å². The average molecular weight is 221 g/mol. The van der Waals surface area contributed by atoms with Crippen LogP contribution in [0.2, 0.25) is 0 Å². The van der Waals surface area contributed by atoms with Gasteiger partial charge >= 0.3 is 0 Å². The van der Waals surface area contributed by atoms with Crippen molar-refractivity contribution >= 4 is 0 Å². The van der Waals surface area contributed by atoms with E-state index in [0.717, 1.165) is 18.2 Å². The van der Waals surface area contributed by atoms with Crippen LogP contribution in [0.5, 0.6) is 0 Å². The van der Waals surface area contributed by atoms with E-state index >= 15 is 0 Å². The molecule has 1 aromatic rings. The van der Waals surface area contributed by atoms with E-state index in [1.807, 2.05) is 0 Å². The Morgan fingerprint density at radius 1 is 1.27 bits per heavy atom. The summed E-state index contributed by atoms with van der Waals surface area (Å²) in [5.74, 6) is -1.56. The molecule has 5 heteroatoms. The van der Waals surface area contributed by atoms with E-state index in [0.29, 0.717) is 0 Å². The van der Waals surface area contributed by atoms with Crippen LogP contribution in [-0.2, 0) is 0 Å². The molecule has 1 unspecified atom stereocenters. The first-order valence-corrected chi connectivity index (χ1v) is 4.52. The minimum absolute atomic E-state index is 0.255. The smallest absolute Gasteiger partial charge is 0.257 e. The summed E-state index contributed by atoms with van der Waals surface area (Å²) in [6.07, 6.45) is -2.78. The third-order valence-corrected chi connectivity index (χ3v) is 1.97. The van der Waals surface area contributed by atoms with Gasteiger partial charge in [0.15, 0.2) is 0 Å². The standard InChI is InChI=1S/C10H11F4N/c1-2-15-9(10(13)14)7-5-6(11)3-4-8(7)12/h3-5,9-10,15H,2H2,1H3. The quantitative estimate of drug-likeness (QED) is 0.771. The molecule has 0 spiro atoms. The van der Waals surface area contributed by atoms with Crippen molar-refractivity contribution in [3.05, 3.63) is 35.4 Å². The van der Waals surface area contributed by atoms with Crippen LogP contribution in [0, 0.1) is 11.6 Å². The lowest BCUT2D eigenvalue weighted by Crippen LogP contribution is -2.28. The van der Waals surface area contributed by atoms with Gasteiger partial charge in [-0.3, -0.25) is 0 Å². The van der Waals surface area contributed by atoms with Crippen molar-refractivity contribution in [3.8, 4) is 0 Å². The molecule has 0 saturated heterocycles. The first kappa shape index (κ1) is 12.0. The first-order chi connectivity index (χ1) is 7.06. The van der Waals surface area contributed by atoms with E-state index in [1.165, 1.54) is 0 Å². The monoisotopic (exact) mass is 221 g/mol. The molecule has 84 valence electrons. The van der Waals surface area contributed by atoms with Crippen molar-refractivity contribution in [2.45, 2.75) is 19.4 Å². The Labute approximate surface area is 85.1 Å².